The van der Waals surface area contributed by atoms with Gasteiger partial charge in [-0.25, -0.2) is 0 Å². The van der Waals surface area contributed by atoms with Crippen molar-refractivity contribution in [2.75, 3.05) is 84.4 Å². The van der Waals surface area contributed by atoms with Crippen LogP contribution < -0.4 is 11.2 Å². The molecule has 29 heteroatoms. The average Bonchev–Trinajstić information content (AvgIpc) is 1.71. The number of nitrogen functional groups attached to an aromatic ring is 1. The second-order valence-corrected chi connectivity index (χ2v) is 32.2. The number of nitrogens with two attached hydrogens (primary N) is 1. The van der Waals surface area contributed by atoms with Crippen molar-refractivity contribution in [3.8, 4) is 0 Å². The van der Waals surface area contributed by atoms with Crippen LogP contribution in [0.15, 0.2) is 112 Å². The van der Waals surface area contributed by atoms with Crippen molar-refractivity contribution >= 4 is 143 Å². The van der Waals surface area contributed by atoms with Gasteiger partial charge in [0.05, 0.1) is 66.7 Å². The van der Waals surface area contributed by atoms with Gasteiger partial charge in [0.15, 0.2) is 0 Å². The number of hydrogen-bond donors (Lipinski definition) is 7. The predicted molar refractivity (Wildman–Crippen MR) is 414 cm³/mol. The maximum absolute atomic E-state index is 13.7. The number of nitrogens with zero attached hydrogens (tertiary/aromatic N) is 9. The molecule has 6 aromatic heterocycles. The van der Waals surface area contributed by atoms with Gasteiger partial charge in [-0.2, -0.15) is 34.0 Å². The number of aliphatic hydroxyl groups excluding tert-OH is 3. The van der Waals surface area contributed by atoms with Gasteiger partial charge in [0.25, 0.3) is 41.1 Å². The SMILES string of the molecule is C[C@@H]1CN(Cc2ccsc2)[C@@H](C)CN1C(=O)c1cc2c(C(=O)C(=O)N3CC[C@@H](O)C3)c[nH]c2cc1Cl.C[C@@H]1CN(Cc2ccsc2)[C@@H](C)CN1C(=O)c1cc2c(C(=O)C(=O)N3CC[C@@H](O)C3)cn(N)c2cc1Cl.C[C@@H]1CN(Cc2ccsc2)[C@@H](C)CN1C(=O)c1cc2cc[nH]c2cc1Cl.O[C@@H]1CCNC1. The number of fused-ring (bicyclic) bond motifs is 3. The van der Waals surface area contributed by atoms with Gasteiger partial charge in [0.1, 0.15) is 0 Å². The quantitative estimate of drug-likeness (QED) is 0.0321. The molecule has 0 spiro atoms. The van der Waals surface area contributed by atoms with E-state index < -0.39 is 35.6 Å². The monoisotopic (exact) mass is 1550 g/mol. The van der Waals surface area contributed by atoms with Crippen LogP contribution in [-0.2, 0) is 29.2 Å². The topological polar surface area (TPSA) is 281 Å². The molecule has 6 saturated heterocycles. The zero-order valence-electron chi connectivity index (χ0n) is 59.6. The van der Waals surface area contributed by atoms with E-state index in [0.29, 0.717) is 94.6 Å². The third kappa shape index (κ3) is 17.5. The number of nitrogens with one attached hydrogen (secondary N) is 3. The molecule has 9 aromatic rings. The maximum atomic E-state index is 13.7. The highest BCUT2D eigenvalue weighted by Gasteiger charge is 2.39. The maximum Gasteiger partial charge on any atom is 0.295 e. The van der Waals surface area contributed by atoms with Gasteiger partial charge in [0, 0.05) is 174 Å². The van der Waals surface area contributed by atoms with E-state index in [9.17, 15) is 43.8 Å². The van der Waals surface area contributed by atoms with Crippen LogP contribution in [0.2, 0.25) is 15.1 Å². The molecule has 9 atom stereocenters. The summed E-state index contributed by atoms with van der Waals surface area (Å²) in [6, 6.07) is 19.2. The molecule has 3 aromatic carbocycles. The number of carbonyl (C=O) groups is 7. The molecule has 23 nitrogen and oxygen atoms in total. The van der Waals surface area contributed by atoms with Crippen molar-refractivity contribution in [1.82, 2.24) is 59.2 Å². The Morgan fingerprint density at radius 2 is 0.924 bits per heavy atom. The van der Waals surface area contributed by atoms with E-state index in [-0.39, 0.29) is 88.8 Å². The highest BCUT2D eigenvalue weighted by atomic mass is 35.5. The van der Waals surface area contributed by atoms with Crippen LogP contribution in [0.1, 0.15) is 129 Å². The predicted octanol–water partition coefficient (Wildman–Crippen LogP) is 9.93. The number of amides is 5. The molecule has 6 aliphatic rings. The molecule has 8 N–H and O–H groups in total. The molecule has 105 heavy (non-hydrogen) atoms. The average molecular weight is 1550 g/mol. The molecular weight excluding hydrogens is 1460 g/mol. The van der Waals surface area contributed by atoms with Gasteiger partial charge in [-0.05, 0) is 177 Å². The van der Waals surface area contributed by atoms with Gasteiger partial charge < -0.3 is 60.9 Å². The lowest BCUT2D eigenvalue weighted by molar-refractivity contribution is -0.126. The van der Waals surface area contributed by atoms with Crippen molar-refractivity contribution in [2.24, 2.45) is 0 Å². The van der Waals surface area contributed by atoms with E-state index in [0.717, 1.165) is 69.7 Å². The molecule has 15 rings (SSSR count). The fourth-order valence-electron chi connectivity index (χ4n) is 14.8. The van der Waals surface area contributed by atoms with Crippen molar-refractivity contribution in [3.05, 3.63) is 171 Å². The first-order valence-corrected chi connectivity index (χ1v) is 39.5. The minimum absolute atomic E-state index is 0.0189. The Morgan fingerprint density at radius 1 is 0.486 bits per heavy atom. The van der Waals surface area contributed by atoms with Crippen molar-refractivity contribution < 1.29 is 48.9 Å². The Hall–Kier alpha value is -7.54. The number of likely N-dealkylation sites (tertiary alicyclic amines) is 2. The van der Waals surface area contributed by atoms with E-state index in [1.807, 2.05) is 52.9 Å². The van der Waals surface area contributed by atoms with Crippen LogP contribution in [0, 0.1) is 0 Å². The Morgan fingerprint density at radius 3 is 1.33 bits per heavy atom. The number of aromatic amines is 2. The summed E-state index contributed by atoms with van der Waals surface area (Å²) >= 11 is 24.6. The summed E-state index contributed by atoms with van der Waals surface area (Å²) < 4.78 is 1.24. The van der Waals surface area contributed by atoms with Crippen LogP contribution in [0.5, 0.6) is 0 Å². The number of aromatic nitrogens is 3. The van der Waals surface area contributed by atoms with Gasteiger partial charge in [-0.15, -0.1) is 0 Å². The number of piperazine rings is 3. The van der Waals surface area contributed by atoms with Crippen molar-refractivity contribution in [3.63, 3.8) is 0 Å². The van der Waals surface area contributed by atoms with Crippen LogP contribution in [0.3, 0.4) is 0 Å². The standard InChI is InChI=1S/C26H30ClN5O4S.C26H29ClN4O4S.C20H22ClN3OS.C4H9NO/c1-15-10-31(16(2)9-30(15)11-17-4-6-37-14-17)25(35)20-7-19-21(13-32(28)23(19)8-22(20)27)24(34)26(36)29-5-3-18(33)12-29;1-15-11-31(16(2)10-30(15)12-17-4-6-36-14-17)25(34)20-7-19-21(9-28-23(19)8-22(20)27)24(33)26(35)29-5-3-18(32)13-29;1-13-10-24(14(2)9-23(13)11-15-4-6-26-12-15)20(25)17-7-16-3-5-22-19(16)8-18(17)21;6-4-1-2-5-3-4/h4,6-8,13-16,18,33H,3,5,9-12,28H2,1-2H3;4,6-9,14-16,18,28,32H,3,5,10-13H2,1-2H3;3-8,12-14,22H,9-11H2,1-2H3;4-6H,1-3H2/t2*15-,16+,18+;13-,14+;4-/m0001/s1. The Kier molecular flexibility index (Phi) is 24.8. The van der Waals surface area contributed by atoms with Crippen LogP contribution in [0.4, 0.5) is 0 Å². The first kappa shape index (κ1) is 77.1. The fourth-order valence-corrected chi connectivity index (χ4v) is 17.5. The first-order valence-electron chi connectivity index (χ1n) is 35.6. The highest BCUT2D eigenvalue weighted by molar-refractivity contribution is 7.08. The van der Waals surface area contributed by atoms with Crippen molar-refractivity contribution in [2.45, 2.75) is 135 Å². The van der Waals surface area contributed by atoms with Gasteiger partial charge >= 0.3 is 0 Å². The molecule has 0 bridgehead atoms. The fraction of sp³-hybridized carbons (Fsp3) is 0.434. The first-order chi connectivity index (χ1) is 50.3. The summed E-state index contributed by atoms with van der Waals surface area (Å²) in [6.45, 7) is 22.1. The zero-order chi connectivity index (χ0) is 74.7. The van der Waals surface area contributed by atoms with E-state index in [2.05, 4.69) is 108 Å². The smallest absolute Gasteiger partial charge is 0.295 e. The molecule has 558 valence electrons. The third-order valence-electron chi connectivity index (χ3n) is 20.9. The number of thiophene rings is 3. The molecule has 0 saturated carbocycles. The summed E-state index contributed by atoms with van der Waals surface area (Å²) in [5.41, 5.74) is 7.33. The Bertz CT molecular complexity index is 4600. The number of H-pyrrole nitrogens is 2. The summed E-state index contributed by atoms with van der Waals surface area (Å²) in [6.07, 6.45) is 5.25. The number of ketones is 2. The molecule has 6 fully saturated rings. The summed E-state index contributed by atoms with van der Waals surface area (Å²) in [5.74, 6) is 2.94. The molecule has 0 unspecified atom stereocenters. The normalized spacial score (nSPS) is 23.1. The second kappa shape index (κ2) is 33.7. The number of hydrogen-bond acceptors (Lipinski definition) is 18. The van der Waals surface area contributed by atoms with Gasteiger partial charge in [-0.3, -0.25) is 52.9 Å². The van der Waals surface area contributed by atoms with E-state index in [1.165, 1.54) is 43.6 Å². The second-order valence-electron chi connectivity index (χ2n) is 28.6. The van der Waals surface area contributed by atoms with E-state index in [1.54, 1.807) is 58.3 Å². The molecule has 0 radical (unpaired) electrons. The number of halogens is 3. The zero-order valence-corrected chi connectivity index (χ0v) is 64.3. The van der Waals surface area contributed by atoms with Gasteiger partial charge in [-0.1, -0.05) is 34.8 Å². The minimum Gasteiger partial charge on any atom is -0.392 e. The number of benzene rings is 3. The molecule has 5 amide bonds. The summed E-state index contributed by atoms with van der Waals surface area (Å²) in [5, 5.41) is 46.8. The Balaban J connectivity index is 0.000000144. The molecule has 12 heterocycles. The number of carbonyl (C=O) groups excluding carboxylic acids is 7. The number of aliphatic hydroxyl groups is 3. The van der Waals surface area contributed by atoms with E-state index in [4.69, 9.17) is 45.8 Å². The lowest BCUT2D eigenvalue weighted by atomic mass is 10.0. The lowest BCUT2D eigenvalue weighted by Gasteiger charge is -2.44. The largest absolute Gasteiger partial charge is 0.392 e. The molecule has 6 aliphatic heterocycles. The van der Waals surface area contributed by atoms with Crippen LogP contribution in [-0.4, -0.2) is 243 Å². The summed E-state index contributed by atoms with van der Waals surface area (Å²) in [4.78, 5) is 114. The lowest BCUT2D eigenvalue weighted by Crippen LogP contribution is -2.57. The minimum atomic E-state index is -0.729. The number of Topliss-reactive ketones (excluding diaryl/α,β-unsaturated/α-hetero) is 2. The van der Waals surface area contributed by atoms with Gasteiger partial charge in [0.2, 0.25) is 0 Å². The number of β-amino-alcohol motifs (C(OH)–C–C–N with tert-alkyl or cyclic N) is 3. The summed E-state index contributed by atoms with van der Waals surface area (Å²) in [7, 11) is 0. The van der Waals surface area contributed by atoms with E-state index >= 15 is 0 Å². The number of rotatable bonds is 13. The molecular formula is C76H90Cl3N13O10S3. The van der Waals surface area contributed by atoms with Crippen LogP contribution in [0.25, 0.3) is 32.7 Å². The molecule has 0 aliphatic carbocycles. The Labute approximate surface area is 636 Å². The van der Waals surface area contributed by atoms with Crippen LogP contribution >= 0.6 is 68.8 Å². The highest BCUT2D eigenvalue weighted by Crippen LogP contribution is 2.34. The van der Waals surface area contributed by atoms with Crippen molar-refractivity contribution in [1.29, 1.82) is 0 Å². The third-order valence-corrected chi connectivity index (χ3v) is 24.0.